The second-order valence-electron chi connectivity index (χ2n) is 2.12. The molecular formula is C8H14N2. The van der Waals surface area contributed by atoms with Crippen molar-refractivity contribution in [2.24, 2.45) is 10.7 Å². The molecule has 0 heterocycles. The van der Waals surface area contributed by atoms with Gasteiger partial charge in [-0.05, 0) is 25.5 Å². The summed E-state index contributed by atoms with van der Waals surface area (Å²) in [5, 5.41) is 0. The molecule has 0 rings (SSSR count). The Morgan fingerprint density at radius 3 is 2.10 bits per heavy atom. The topological polar surface area (TPSA) is 38.4 Å². The smallest absolute Gasteiger partial charge is 0.0611 e. The second kappa shape index (κ2) is 3.88. The lowest BCUT2D eigenvalue weighted by Crippen LogP contribution is -2.03. The molecule has 0 unspecified atom stereocenters. The zero-order valence-corrected chi connectivity index (χ0v) is 6.81. The Morgan fingerprint density at radius 2 is 2.00 bits per heavy atom. The summed E-state index contributed by atoms with van der Waals surface area (Å²) in [5.41, 5.74) is 8.19. The first kappa shape index (κ1) is 8.95. The number of hydrogen-bond acceptors (Lipinski definition) is 2. The van der Waals surface area contributed by atoms with Crippen molar-refractivity contribution in [1.29, 1.82) is 0 Å². The number of aliphatic imine (C=N–C) groups is 1. The van der Waals surface area contributed by atoms with Crippen LogP contribution in [0, 0.1) is 0 Å². The molecule has 0 aromatic carbocycles. The summed E-state index contributed by atoms with van der Waals surface area (Å²) >= 11 is 0. The van der Waals surface area contributed by atoms with Crippen LogP contribution in [-0.2, 0) is 0 Å². The summed E-state index contributed by atoms with van der Waals surface area (Å²) in [4.78, 5) is 3.99. The van der Waals surface area contributed by atoms with E-state index in [9.17, 15) is 0 Å². The molecule has 2 heteroatoms. The van der Waals surface area contributed by atoms with Gasteiger partial charge < -0.3 is 5.73 Å². The molecule has 0 amide bonds. The van der Waals surface area contributed by atoms with Gasteiger partial charge in [0.1, 0.15) is 0 Å². The molecule has 0 aliphatic heterocycles. The first-order valence-electron chi connectivity index (χ1n) is 3.16. The van der Waals surface area contributed by atoms with Crippen LogP contribution in [0.5, 0.6) is 0 Å². The fourth-order valence-electron chi connectivity index (χ4n) is 0.614. The lowest BCUT2D eigenvalue weighted by atomic mass is 10.1. The van der Waals surface area contributed by atoms with E-state index in [1.807, 2.05) is 13.8 Å². The third-order valence-electron chi connectivity index (χ3n) is 1.41. The maximum absolute atomic E-state index is 5.54. The Bertz CT molecular complexity index is 183. The van der Waals surface area contributed by atoms with Crippen LogP contribution in [0.1, 0.15) is 13.8 Å². The molecule has 0 spiro atoms. The van der Waals surface area contributed by atoms with Gasteiger partial charge in [0.25, 0.3) is 0 Å². The molecule has 0 aromatic rings. The molecule has 0 aliphatic carbocycles. The third-order valence-corrected chi connectivity index (χ3v) is 1.41. The average Bonchev–Trinajstić information content (AvgIpc) is 1.90. The number of nitrogens with two attached hydrogens (primary N) is 1. The minimum absolute atomic E-state index is 0.792. The summed E-state index contributed by atoms with van der Waals surface area (Å²) in [6.07, 6.45) is 1.70. The Morgan fingerprint density at radius 1 is 1.50 bits per heavy atom. The molecule has 0 fully saturated rings. The maximum Gasteiger partial charge on any atom is 0.0611 e. The molecule has 0 radical (unpaired) electrons. The Kier molecular flexibility index (Phi) is 3.47. The Balaban J connectivity index is 4.64. The third kappa shape index (κ3) is 2.05. The van der Waals surface area contributed by atoms with E-state index in [-0.39, 0.29) is 0 Å². The molecule has 0 bridgehead atoms. The van der Waals surface area contributed by atoms with E-state index >= 15 is 0 Å². The lowest BCUT2D eigenvalue weighted by Gasteiger charge is -2.01. The van der Waals surface area contributed by atoms with Gasteiger partial charge >= 0.3 is 0 Å². The van der Waals surface area contributed by atoms with Crippen molar-refractivity contribution in [3.8, 4) is 0 Å². The molecule has 0 aromatic heterocycles. The van der Waals surface area contributed by atoms with Gasteiger partial charge in [-0.3, -0.25) is 4.99 Å². The summed E-state index contributed by atoms with van der Waals surface area (Å²) < 4.78 is 0. The SMILES string of the molecule is C=CC(=NC)/C(C)=C(\C)N. The van der Waals surface area contributed by atoms with E-state index in [1.54, 1.807) is 13.1 Å². The maximum atomic E-state index is 5.54. The first-order chi connectivity index (χ1) is 4.63. The van der Waals surface area contributed by atoms with Crippen LogP contribution in [0.2, 0.25) is 0 Å². The molecule has 0 saturated heterocycles. The van der Waals surface area contributed by atoms with Gasteiger partial charge in [-0.1, -0.05) is 6.58 Å². The van der Waals surface area contributed by atoms with Gasteiger partial charge in [-0.15, -0.1) is 0 Å². The van der Waals surface area contributed by atoms with Crippen LogP contribution in [0.3, 0.4) is 0 Å². The van der Waals surface area contributed by atoms with Crippen molar-refractivity contribution in [2.45, 2.75) is 13.8 Å². The van der Waals surface area contributed by atoms with Gasteiger partial charge in [0.2, 0.25) is 0 Å². The second-order valence-corrected chi connectivity index (χ2v) is 2.12. The Labute approximate surface area is 62.1 Å². The van der Waals surface area contributed by atoms with Gasteiger partial charge in [-0.25, -0.2) is 0 Å². The number of nitrogens with zero attached hydrogens (tertiary/aromatic N) is 1. The Hall–Kier alpha value is -1.05. The van der Waals surface area contributed by atoms with E-state index in [4.69, 9.17) is 5.73 Å². The highest BCUT2D eigenvalue weighted by Gasteiger charge is 1.96. The molecule has 0 aliphatic rings. The highest BCUT2D eigenvalue weighted by molar-refractivity contribution is 6.07. The monoisotopic (exact) mass is 138 g/mol. The van der Waals surface area contributed by atoms with Crippen molar-refractivity contribution >= 4 is 5.71 Å². The van der Waals surface area contributed by atoms with Crippen LogP contribution in [0.4, 0.5) is 0 Å². The molecule has 2 nitrogen and oxygen atoms in total. The van der Waals surface area contributed by atoms with Gasteiger partial charge in [-0.2, -0.15) is 0 Å². The van der Waals surface area contributed by atoms with Crippen LogP contribution in [0.15, 0.2) is 28.9 Å². The number of rotatable bonds is 2. The fourth-order valence-corrected chi connectivity index (χ4v) is 0.614. The van der Waals surface area contributed by atoms with Crippen LogP contribution < -0.4 is 5.73 Å². The van der Waals surface area contributed by atoms with Crippen LogP contribution >= 0.6 is 0 Å². The molecule has 0 saturated carbocycles. The summed E-state index contributed by atoms with van der Waals surface area (Å²) in [5.74, 6) is 0. The van der Waals surface area contributed by atoms with Crippen LogP contribution in [-0.4, -0.2) is 12.8 Å². The highest BCUT2D eigenvalue weighted by atomic mass is 14.7. The van der Waals surface area contributed by atoms with E-state index in [1.165, 1.54) is 0 Å². The van der Waals surface area contributed by atoms with E-state index < -0.39 is 0 Å². The quantitative estimate of drug-likeness (QED) is 0.577. The van der Waals surface area contributed by atoms with Crippen molar-refractivity contribution in [3.05, 3.63) is 23.9 Å². The van der Waals surface area contributed by atoms with Crippen molar-refractivity contribution < 1.29 is 0 Å². The molecule has 0 atom stereocenters. The molecular weight excluding hydrogens is 124 g/mol. The zero-order valence-electron chi connectivity index (χ0n) is 6.81. The standard InChI is InChI=1S/C8H14N2/c1-5-8(10-4)6(2)7(3)9/h5H,1,9H2,2-4H3/b7-6+,10-8?. The largest absolute Gasteiger partial charge is 0.402 e. The van der Waals surface area contributed by atoms with Crippen molar-refractivity contribution in [1.82, 2.24) is 0 Å². The van der Waals surface area contributed by atoms with E-state index in [0.717, 1.165) is 17.0 Å². The van der Waals surface area contributed by atoms with Gasteiger partial charge in [0.05, 0.1) is 5.71 Å². The lowest BCUT2D eigenvalue weighted by molar-refractivity contribution is 1.25. The molecule has 2 N–H and O–H groups in total. The normalized spacial score (nSPS) is 14.5. The van der Waals surface area contributed by atoms with Gasteiger partial charge in [0, 0.05) is 12.7 Å². The predicted molar refractivity (Wildman–Crippen MR) is 46.1 cm³/mol. The highest BCUT2D eigenvalue weighted by Crippen LogP contribution is 2.00. The predicted octanol–water partition coefficient (Wildman–Crippen LogP) is 1.50. The first-order valence-corrected chi connectivity index (χ1v) is 3.16. The van der Waals surface area contributed by atoms with Crippen molar-refractivity contribution in [3.63, 3.8) is 0 Å². The minimum Gasteiger partial charge on any atom is -0.402 e. The summed E-state index contributed by atoms with van der Waals surface area (Å²) in [6.45, 7) is 7.40. The van der Waals surface area contributed by atoms with Crippen molar-refractivity contribution in [2.75, 3.05) is 7.05 Å². The minimum atomic E-state index is 0.792. The summed E-state index contributed by atoms with van der Waals surface area (Å²) in [6, 6.07) is 0. The fraction of sp³-hybridized carbons (Fsp3) is 0.375. The van der Waals surface area contributed by atoms with E-state index in [0.29, 0.717) is 0 Å². The molecule has 10 heavy (non-hydrogen) atoms. The van der Waals surface area contributed by atoms with Crippen LogP contribution in [0.25, 0.3) is 0 Å². The number of hydrogen-bond donors (Lipinski definition) is 1. The summed E-state index contributed by atoms with van der Waals surface area (Å²) in [7, 11) is 1.73. The van der Waals surface area contributed by atoms with E-state index in [2.05, 4.69) is 11.6 Å². The zero-order chi connectivity index (χ0) is 8.15. The average molecular weight is 138 g/mol. The number of allylic oxidation sites excluding steroid dienone is 3. The molecule has 56 valence electrons. The van der Waals surface area contributed by atoms with Gasteiger partial charge in [0.15, 0.2) is 0 Å².